The van der Waals surface area contributed by atoms with Crippen molar-refractivity contribution < 1.29 is 19.1 Å². The van der Waals surface area contributed by atoms with Crippen LogP contribution in [0.3, 0.4) is 0 Å². The number of rotatable bonds is 7. The number of hydrogen-bond acceptors (Lipinski definition) is 4. The molecule has 0 saturated carbocycles. The molecule has 2 amide bonds. The Morgan fingerprint density at radius 3 is 2.30 bits per heavy atom. The lowest BCUT2D eigenvalue weighted by atomic mass is 10.0. The summed E-state index contributed by atoms with van der Waals surface area (Å²) < 4.78 is 11.0. The van der Waals surface area contributed by atoms with Crippen molar-refractivity contribution in [2.24, 2.45) is 0 Å². The Hall–Kier alpha value is -3.60. The zero-order valence-electron chi connectivity index (χ0n) is 16.6. The highest BCUT2D eigenvalue weighted by Gasteiger charge is 2.37. The average Bonchev–Trinajstić information content (AvgIpc) is 3.14. The molecule has 1 aliphatic heterocycles. The number of cyclic esters (lactones) is 1. The van der Waals surface area contributed by atoms with E-state index in [9.17, 15) is 9.59 Å². The Morgan fingerprint density at radius 2 is 1.57 bits per heavy atom. The van der Waals surface area contributed by atoms with Crippen LogP contribution < -0.4 is 4.74 Å². The van der Waals surface area contributed by atoms with Crippen molar-refractivity contribution in [3.8, 4) is 5.75 Å². The van der Waals surface area contributed by atoms with E-state index in [0.717, 1.165) is 16.7 Å². The van der Waals surface area contributed by atoms with Gasteiger partial charge in [0.1, 0.15) is 19.0 Å². The molecule has 30 heavy (non-hydrogen) atoms. The van der Waals surface area contributed by atoms with Gasteiger partial charge in [0.15, 0.2) is 0 Å². The zero-order chi connectivity index (χ0) is 20.8. The monoisotopic (exact) mass is 401 g/mol. The number of amides is 2. The molecular weight excluding hydrogens is 378 g/mol. The maximum Gasteiger partial charge on any atom is 0.416 e. The lowest BCUT2D eigenvalue weighted by Gasteiger charge is -2.20. The summed E-state index contributed by atoms with van der Waals surface area (Å²) in [4.78, 5) is 26.3. The van der Waals surface area contributed by atoms with E-state index in [1.54, 1.807) is 0 Å². The van der Waals surface area contributed by atoms with Gasteiger partial charge in [-0.05, 0) is 35.2 Å². The van der Waals surface area contributed by atoms with Crippen molar-refractivity contribution in [2.45, 2.75) is 25.5 Å². The molecule has 5 heteroatoms. The Kier molecular flexibility index (Phi) is 6.09. The maximum atomic E-state index is 12.9. The fraction of sp³-hybridized carbons (Fsp3) is 0.200. The van der Waals surface area contributed by atoms with Crippen LogP contribution in [0.25, 0.3) is 0 Å². The standard InChI is InChI=1S/C25H23NO4/c27-24(26-22(18-30-25(26)28)14-19-8-3-1-4-9-19)16-21-12-7-13-23(15-21)29-17-20-10-5-2-6-11-20/h1-13,15,22H,14,16-18H2/t22-/m1/s1. The number of ether oxygens (including phenoxy) is 2. The van der Waals surface area contributed by atoms with E-state index in [2.05, 4.69) is 0 Å². The van der Waals surface area contributed by atoms with Crippen LogP contribution in [0, 0.1) is 0 Å². The predicted octanol–water partition coefficient (Wildman–Crippen LogP) is 4.40. The Morgan fingerprint density at radius 1 is 0.900 bits per heavy atom. The Balaban J connectivity index is 1.40. The average molecular weight is 401 g/mol. The summed E-state index contributed by atoms with van der Waals surface area (Å²) >= 11 is 0. The maximum absolute atomic E-state index is 12.9. The Labute approximate surface area is 175 Å². The third kappa shape index (κ3) is 4.87. The molecule has 0 aromatic heterocycles. The molecule has 3 aromatic rings. The third-order valence-electron chi connectivity index (χ3n) is 5.05. The molecule has 1 heterocycles. The molecule has 3 aromatic carbocycles. The van der Waals surface area contributed by atoms with Gasteiger partial charge >= 0.3 is 6.09 Å². The molecule has 0 unspecified atom stereocenters. The van der Waals surface area contributed by atoms with Gasteiger partial charge in [0.25, 0.3) is 0 Å². The first kappa shape index (κ1) is 19.7. The van der Waals surface area contributed by atoms with Gasteiger partial charge in [-0.2, -0.15) is 0 Å². The van der Waals surface area contributed by atoms with Gasteiger partial charge in [-0.25, -0.2) is 9.69 Å². The van der Waals surface area contributed by atoms with E-state index in [1.165, 1.54) is 4.90 Å². The van der Waals surface area contributed by atoms with Crippen LogP contribution in [-0.2, 0) is 29.0 Å². The minimum atomic E-state index is -0.572. The topological polar surface area (TPSA) is 55.8 Å². The highest BCUT2D eigenvalue weighted by atomic mass is 16.6. The molecule has 5 nitrogen and oxygen atoms in total. The summed E-state index contributed by atoms with van der Waals surface area (Å²) in [5.41, 5.74) is 2.93. The van der Waals surface area contributed by atoms with Gasteiger partial charge in [0.2, 0.25) is 5.91 Å². The molecule has 0 aliphatic carbocycles. The van der Waals surface area contributed by atoms with Crippen molar-refractivity contribution in [1.29, 1.82) is 0 Å². The molecule has 0 N–H and O–H groups in total. The number of carbonyl (C=O) groups excluding carboxylic acids is 2. The Bertz CT molecular complexity index is 1000. The van der Waals surface area contributed by atoms with E-state index in [0.29, 0.717) is 18.8 Å². The zero-order valence-corrected chi connectivity index (χ0v) is 16.6. The number of imide groups is 1. The summed E-state index contributed by atoms with van der Waals surface area (Å²) in [7, 11) is 0. The molecule has 1 fully saturated rings. The van der Waals surface area contributed by atoms with E-state index in [1.807, 2.05) is 84.9 Å². The summed E-state index contributed by atoms with van der Waals surface area (Å²) in [5.74, 6) is 0.424. The molecule has 152 valence electrons. The van der Waals surface area contributed by atoms with Gasteiger partial charge < -0.3 is 9.47 Å². The normalized spacial score (nSPS) is 15.7. The molecule has 1 saturated heterocycles. The summed E-state index contributed by atoms with van der Waals surface area (Å²) in [6.07, 6.45) is 0.124. The van der Waals surface area contributed by atoms with E-state index < -0.39 is 6.09 Å². The van der Waals surface area contributed by atoms with Crippen molar-refractivity contribution in [3.05, 3.63) is 102 Å². The van der Waals surface area contributed by atoms with E-state index in [4.69, 9.17) is 9.47 Å². The van der Waals surface area contributed by atoms with Gasteiger partial charge in [-0.15, -0.1) is 0 Å². The highest BCUT2D eigenvalue weighted by molar-refractivity contribution is 5.94. The molecule has 0 spiro atoms. The number of nitrogens with zero attached hydrogens (tertiary/aromatic N) is 1. The first-order valence-corrected chi connectivity index (χ1v) is 9.97. The second kappa shape index (κ2) is 9.27. The van der Waals surface area contributed by atoms with Crippen LogP contribution in [0.5, 0.6) is 5.75 Å². The first-order chi connectivity index (χ1) is 14.7. The van der Waals surface area contributed by atoms with Crippen LogP contribution in [0.1, 0.15) is 16.7 Å². The van der Waals surface area contributed by atoms with Gasteiger partial charge in [0, 0.05) is 0 Å². The molecule has 1 atom stereocenters. The highest BCUT2D eigenvalue weighted by Crippen LogP contribution is 2.21. The molecule has 0 bridgehead atoms. The van der Waals surface area contributed by atoms with Crippen LogP contribution in [-0.4, -0.2) is 29.5 Å². The second-order valence-electron chi connectivity index (χ2n) is 7.28. The SMILES string of the molecule is O=C(Cc1cccc(OCc2ccccc2)c1)N1C(=O)OC[C@H]1Cc1ccccc1. The fourth-order valence-electron chi connectivity index (χ4n) is 3.55. The number of hydrogen-bond donors (Lipinski definition) is 0. The van der Waals surface area contributed by atoms with Crippen LogP contribution in [0.2, 0.25) is 0 Å². The van der Waals surface area contributed by atoms with Gasteiger partial charge in [0.05, 0.1) is 12.5 Å². The summed E-state index contributed by atoms with van der Waals surface area (Å²) in [6.45, 7) is 0.676. The van der Waals surface area contributed by atoms with Crippen molar-refractivity contribution in [1.82, 2.24) is 4.90 Å². The largest absolute Gasteiger partial charge is 0.489 e. The summed E-state index contributed by atoms with van der Waals surface area (Å²) in [5, 5.41) is 0. The van der Waals surface area contributed by atoms with Crippen LogP contribution in [0.15, 0.2) is 84.9 Å². The molecule has 0 radical (unpaired) electrons. The number of benzene rings is 3. The van der Waals surface area contributed by atoms with Gasteiger partial charge in [-0.1, -0.05) is 72.8 Å². The van der Waals surface area contributed by atoms with Gasteiger partial charge in [-0.3, -0.25) is 4.79 Å². The summed E-state index contributed by atoms with van der Waals surface area (Å²) in [6, 6.07) is 26.8. The van der Waals surface area contributed by atoms with Crippen molar-refractivity contribution in [2.75, 3.05) is 6.61 Å². The van der Waals surface area contributed by atoms with Crippen LogP contribution in [0.4, 0.5) is 4.79 Å². The second-order valence-corrected chi connectivity index (χ2v) is 7.28. The third-order valence-corrected chi connectivity index (χ3v) is 5.05. The quantitative estimate of drug-likeness (QED) is 0.589. The lowest BCUT2D eigenvalue weighted by molar-refractivity contribution is -0.128. The molecular formula is C25H23NO4. The lowest BCUT2D eigenvalue weighted by Crippen LogP contribution is -2.41. The van der Waals surface area contributed by atoms with Crippen LogP contribution >= 0.6 is 0 Å². The fourth-order valence-corrected chi connectivity index (χ4v) is 3.55. The predicted molar refractivity (Wildman–Crippen MR) is 113 cm³/mol. The smallest absolute Gasteiger partial charge is 0.416 e. The van der Waals surface area contributed by atoms with Crippen molar-refractivity contribution in [3.63, 3.8) is 0 Å². The minimum Gasteiger partial charge on any atom is -0.489 e. The first-order valence-electron chi connectivity index (χ1n) is 9.97. The van der Waals surface area contributed by atoms with E-state index in [-0.39, 0.29) is 25.0 Å². The molecule has 1 aliphatic rings. The minimum absolute atomic E-state index is 0.114. The number of carbonyl (C=O) groups is 2. The van der Waals surface area contributed by atoms with Crippen molar-refractivity contribution >= 4 is 12.0 Å². The molecule has 4 rings (SSSR count). The van der Waals surface area contributed by atoms with E-state index >= 15 is 0 Å².